The topological polar surface area (TPSA) is 12.0 Å². The summed E-state index contributed by atoms with van der Waals surface area (Å²) >= 11 is 0. The van der Waals surface area contributed by atoms with E-state index in [1.165, 1.54) is 40.8 Å². The van der Waals surface area contributed by atoms with Crippen molar-refractivity contribution in [3.8, 4) is 0 Å². The maximum absolute atomic E-state index is 3.62. The van der Waals surface area contributed by atoms with E-state index >= 15 is 0 Å². The van der Waals surface area contributed by atoms with Crippen LogP contribution in [-0.2, 0) is 10.8 Å². The molecule has 4 rings (SSSR count). The number of hydrogen-bond acceptors (Lipinski definition) is 1. The fourth-order valence-corrected chi connectivity index (χ4v) is 4.44. The second-order valence-corrected chi connectivity index (χ2v) is 9.39. The van der Waals surface area contributed by atoms with E-state index in [0.717, 1.165) is 18.5 Å². The summed E-state index contributed by atoms with van der Waals surface area (Å²) in [6.45, 7) is 9.52. The van der Waals surface area contributed by atoms with Gasteiger partial charge < -0.3 is 5.32 Å². The Morgan fingerprint density at radius 2 is 1.44 bits per heavy atom. The Bertz CT molecular complexity index is 894. The van der Waals surface area contributed by atoms with Crippen LogP contribution in [0.15, 0.2) is 60.7 Å². The molecule has 2 aliphatic carbocycles. The lowest BCUT2D eigenvalue weighted by molar-refractivity contribution is 0.332. The molecule has 1 heteroatoms. The second-order valence-electron chi connectivity index (χ2n) is 9.39. The monoisotopic (exact) mass is 357 g/mol. The Morgan fingerprint density at radius 3 is 2.11 bits per heavy atom. The van der Waals surface area contributed by atoms with Crippen LogP contribution in [0.5, 0.6) is 0 Å². The zero-order valence-electron chi connectivity index (χ0n) is 17.1. The molecule has 1 N–H and O–H groups in total. The normalized spacial score (nSPS) is 19.9. The summed E-state index contributed by atoms with van der Waals surface area (Å²) in [4.78, 5) is 0. The molecule has 0 aliphatic heterocycles. The van der Waals surface area contributed by atoms with E-state index in [-0.39, 0.29) is 10.8 Å². The molecule has 0 bridgehead atoms. The number of nitrogens with one attached hydrogen (secondary N) is 1. The molecule has 0 atom stereocenters. The molecule has 1 nitrogen and oxygen atoms in total. The van der Waals surface area contributed by atoms with Gasteiger partial charge in [-0.25, -0.2) is 0 Å². The molecule has 27 heavy (non-hydrogen) atoms. The molecule has 0 radical (unpaired) electrons. The molecular weight excluding hydrogens is 326 g/mol. The van der Waals surface area contributed by atoms with Crippen LogP contribution in [0.1, 0.15) is 70.1 Å². The van der Waals surface area contributed by atoms with Crippen molar-refractivity contribution in [2.24, 2.45) is 0 Å². The van der Waals surface area contributed by atoms with Gasteiger partial charge in [0, 0.05) is 11.4 Å². The van der Waals surface area contributed by atoms with E-state index in [1.54, 1.807) is 0 Å². The lowest BCUT2D eigenvalue weighted by Crippen LogP contribution is -2.33. The van der Waals surface area contributed by atoms with E-state index in [0.29, 0.717) is 0 Å². The highest BCUT2D eigenvalue weighted by Gasteiger charge is 2.36. The van der Waals surface area contributed by atoms with Crippen molar-refractivity contribution in [1.29, 1.82) is 0 Å². The van der Waals surface area contributed by atoms with Gasteiger partial charge in [0.1, 0.15) is 0 Å². The summed E-state index contributed by atoms with van der Waals surface area (Å²) in [5, 5.41) is 3.62. The first kappa shape index (κ1) is 18.1. The predicted octanol–water partition coefficient (Wildman–Crippen LogP) is 7.51. The number of benzene rings is 2. The highest BCUT2D eigenvalue weighted by atomic mass is 14.9. The minimum Gasteiger partial charge on any atom is -0.356 e. The average molecular weight is 358 g/mol. The fraction of sp³-hybridized carbons (Fsp3) is 0.385. The van der Waals surface area contributed by atoms with Crippen molar-refractivity contribution in [3.05, 3.63) is 77.4 Å². The molecule has 0 saturated carbocycles. The van der Waals surface area contributed by atoms with Gasteiger partial charge in [-0.2, -0.15) is 0 Å². The number of anilines is 2. The predicted molar refractivity (Wildman–Crippen MR) is 118 cm³/mol. The highest BCUT2D eigenvalue weighted by Crippen LogP contribution is 2.46. The van der Waals surface area contributed by atoms with Crippen molar-refractivity contribution >= 4 is 16.9 Å². The first-order chi connectivity index (χ1) is 12.9. The Kier molecular flexibility index (Phi) is 4.50. The Labute approximate surface area is 164 Å². The maximum Gasteiger partial charge on any atom is 0.0387 e. The lowest BCUT2D eigenvalue weighted by atomic mass is 9.63. The molecule has 2 aromatic carbocycles. The van der Waals surface area contributed by atoms with Gasteiger partial charge in [-0.1, -0.05) is 64.1 Å². The van der Waals surface area contributed by atoms with Crippen LogP contribution in [0.2, 0.25) is 0 Å². The number of allylic oxidation sites excluding steroid dienone is 4. The van der Waals surface area contributed by atoms with Gasteiger partial charge in [0.25, 0.3) is 0 Å². The van der Waals surface area contributed by atoms with Crippen LogP contribution in [0.4, 0.5) is 11.4 Å². The molecular formula is C26H31N. The highest BCUT2D eigenvalue weighted by molar-refractivity contribution is 5.71. The molecule has 0 amide bonds. The molecule has 0 unspecified atom stereocenters. The second kappa shape index (κ2) is 6.71. The minimum atomic E-state index is 0.243. The van der Waals surface area contributed by atoms with E-state index in [9.17, 15) is 0 Å². The van der Waals surface area contributed by atoms with Crippen LogP contribution in [0.25, 0.3) is 5.57 Å². The SMILES string of the molecule is CC1(C)CCC(C)(C)c2cc(Nc3ccc(C4=CC=CCC4)cc3)ccc21. The molecule has 140 valence electrons. The lowest BCUT2D eigenvalue weighted by Gasteiger charge is -2.42. The van der Waals surface area contributed by atoms with Crippen molar-refractivity contribution in [2.75, 3.05) is 5.32 Å². The van der Waals surface area contributed by atoms with Crippen molar-refractivity contribution in [2.45, 2.75) is 64.2 Å². The van der Waals surface area contributed by atoms with Gasteiger partial charge in [0.05, 0.1) is 0 Å². The van der Waals surface area contributed by atoms with E-state index in [4.69, 9.17) is 0 Å². The van der Waals surface area contributed by atoms with Crippen molar-refractivity contribution < 1.29 is 0 Å². The number of rotatable bonds is 3. The smallest absolute Gasteiger partial charge is 0.0387 e. The van der Waals surface area contributed by atoms with Crippen LogP contribution in [0, 0.1) is 0 Å². The summed E-state index contributed by atoms with van der Waals surface area (Å²) in [7, 11) is 0. The van der Waals surface area contributed by atoms with E-state index in [1.807, 2.05) is 0 Å². The van der Waals surface area contributed by atoms with Gasteiger partial charge in [0.15, 0.2) is 0 Å². The van der Waals surface area contributed by atoms with Crippen LogP contribution in [-0.4, -0.2) is 0 Å². The third-order valence-electron chi connectivity index (χ3n) is 6.41. The number of fused-ring (bicyclic) bond motifs is 1. The first-order valence-electron chi connectivity index (χ1n) is 10.2. The van der Waals surface area contributed by atoms with Crippen LogP contribution in [0.3, 0.4) is 0 Å². The van der Waals surface area contributed by atoms with E-state index < -0.39 is 0 Å². The van der Waals surface area contributed by atoms with Gasteiger partial charge in [-0.05, 0) is 83.0 Å². The summed E-state index contributed by atoms with van der Waals surface area (Å²) in [6.07, 6.45) is 11.4. The number of hydrogen-bond donors (Lipinski definition) is 1. The minimum absolute atomic E-state index is 0.243. The molecule has 0 saturated heterocycles. The van der Waals surface area contributed by atoms with E-state index in [2.05, 4.69) is 93.7 Å². The van der Waals surface area contributed by atoms with Crippen molar-refractivity contribution in [3.63, 3.8) is 0 Å². The van der Waals surface area contributed by atoms with Gasteiger partial charge in [-0.3, -0.25) is 0 Å². The fourth-order valence-electron chi connectivity index (χ4n) is 4.44. The average Bonchev–Trinajstić information content (AvgIpc) is 2.67. The zero-order chi connectivity index (χ0) is 19.1. The Hall–Kier alpha value is -2.28. The first-order valence-corrected chi connectivity index (χ1v) is 10.2. The molecule has 0 fully saturated rings. The van der Waals surface area contributed by atoms with Gasteiger partial charge in [-0.15, -0.1) is 0 Å². The van der Waals surface area contributed by atoms with Gasteiger partial charge in [0.2, 0.25) is 0 Å². The standard InChI is InChI=1S/C26H31N/c1-25(2)16-17-26(3,4)24-18-22(14-15-23(24)25)27-21-12-10-20(11-13-21)19-8-6-5-7-9-19/h5-6,8,10-15,18,27H,7,9,16-17H2,1-4H3. The van der Waals surface area contributed by atoms with Crippen molar-refractivity contribution in [1.82, 2.24) is 0 Å². The quantitative estimate of drug-likeness (QED) is 0.599. The summed E-state index contributed by atoms with van der Waals surface area (Å²) in [6, 6.07) is 15.8. The molecule has 0 heterocycles. The molecule has 2 aliphatic rings. The third-order valence-corrected chi connectivity index (χ3v) is 6.41. The molecule has 0 spiro atoms. The van der Waals surface area contributed by atoms with Crippen LogP contribution >= 0.6 is 0 Å². The largest absolute Gasteiger partial charge is 0.356 e. The van der Waals surface area contributed by atoms with Crippen LogP contribution < -0.4 is 5.32 Å². The molecule has 2 aromatic rings. The summed E-state index contributed by atoms with van der Waals surface area (Å²) in [5.41, 5.74) is 8.63. The maximum atomic E-state index is 3.62. The van der Waals surface area contributed by atoms with Gasteiger partial charge >= 0.3 is 0 Å². The Balaban J connectivity index is 1.58. The Morgan fingerprint density at radius 1 is 0.778 bits per heavy atom. The summed E-state index contributed by atoms with van der Waals surface area (Å²) < 4.78 is 0. The molecule has 0 aromatic heterocycles. The summed E-state index contributed by atoms with van der Waals surface area (Å²) in [5.74, 6) is 0. The third kappa shape index (κ3) is 3.60. The zero-order valence-corrected chi connectivity index (χ0v) is 17.1.